The second-order valence-electron chi connectivity index (χ2n) is 4.93. The number of likely N-dealkylation sites (N-methyl/N-ethyl adjacent to an activating group) is 1. The summed E-state index contributed by atoms with van der Waals surface area (Å²) in [7, 11) is 0. The van der Waals surface area contributed by atoms with Gasteiger partial charge < -0.3 is 24.9 Å². The Labute approximate surface area is 137 Å². The summed E-state index contributed by atoms with van der Waals surface area (Å²) in [6.07, 6.45) is 1.43. The third-order valence-electron chi connectivity index (χ3n) is 3.39. The molecule has 0 radical (unpaired) electrons. The van der Waals surface area contributed by atoms with Crippen LogP contribution in [0, 0.1) is 10.1 Å². The zero-order valence-electron chi connectivity index (χ0n) is 13.5. The van der Waals surface area contributed by atoms with Gasteiger partial charge in [0.15, 0.2) is 5.82 Å². The summed E-state index contributed by atoms with van der Waals surface area (Å²) < 4.78 is 6.20. The van der Waals surface area contributed by atoms with E-state index in [1.807, 2.05) is 0 Å². The molecule has 0 spiro atoms. The molecule has 1 amide bonds. The Morgan fingerprint density at radius 1 is 1.46 bits per heavy atom. The lowest BCUT2D eigenvalue weighted by Gasteiger charge is -2.17. The predicted octanol–water partition coefficient (Wildman–Crippen LogP) is 0.294. The van der Waals surface area contributed by atoms with Crippen molar-refractivity contribution in [1.29, 1.82) is 0 Å². The predicted molar refractivity (Wildman–Crippen MR) is 82.4 cm³/mol. The van der Waals surface area contributed by atoms with Crippen LogP contribution in [0.25, 0.3) is 0 Å². The van der Waals surface area contributed by atoms with Gasteiger partial charge in [-0.15, -0.1) is 0 Å². The third kappa shape index (κ3) is 4.59. The number of nitro groups is 1. The first-order valence-electron chi connectivity index (χ1n) is 7.54. The van der Waals surface area contributed by atoms with Crippen molar-refractivity contribution < 1.29 is 14.2 Å². The molecule has 0 aliphatic rings. The van der Waals surface area contributed by atoms with Crippen LogP contribution in [0.3, 0.4) is 0 Å². The normalized spacial score (nSPS) is 11.0. The van der Waals surface area contributed by atoms with Gasteiger partial charge in [0, 0.05) is 13.1 Å². The van der Waals surface area contributed by atoms with Crippen molar-refractivity contribution >= 4 is 11.7 Å². The Morgan fingerprint density at radius 3 is 2.83 bits per heavy atom. The summed E-state index contributed by atoms with van der Waals surface area (Å²) in [5.41, 5.74) is 0. The summed E-state index contributed by atoms with van der Waals surface area (Å²) >= 11 is 0. The van der Waals surface area contributed by atoms with Gasteiger partial charge in [0.25, 0.3) is 0 Å². The van der Waals surface area contributed by atoms with Crippen LogP contribution in [0.1, 0.15) is 30.4 Å². The van der Waals surface area contributed by atoms with Gasteiger partial charge in [-0.1, -0.05) is 19.0 Å². The average Bonchev–Trinajstić information content (AvgIpc) is 3.21. The first kappa shape index (κ1) is 17.5. The highest BCUT2D eigenvalue weighted by atomic mass is 16.6. The minimum absolute atomic E-state index is 0.0735. The van der Waals surface area contributed by atoms with Crippen molar-refractivity contribution in [3.8, 4) is 0 Å². The summed E-state index contributed by atoms with van der Waals surface area (Å²) in [6, 6.07) is 1.26. The van der Waals surface area contributed by atoms with Crippen molar-refractivity contribution in [2.75, 3.05) is 26.2 Å². The Bertz CT molecular complexity index is 692. The summed E-state index contributed by atoms with van der Waals surface area (Å²) in [5.74, 6) is -0.659. The molecule has 0 saturated carbocycles. The van der Waals surface area contributed by atoms with Crippen LogP contribution in [0.2, 0.25) is 0 Å². The number of hydrogen-bond donors (Lipinski definition) is 1. The molecule has 2 rings (SSSR count). The van der Waals surface area contributed by atoms with Crippen LogP contribution < -0.4 is 5.32 Å². The molecule has 0 aliphatic carbocycles. The number of rotatable bonds is 9. The summed E-state index contributed by atoms with van der Waals surface area (Å²) in [4.78, 5) is 28.0. The summed E-state index contributed by atoms with van der Waals surface area (Å²) in [5, 5.41) is 20.7. The lowest BCUT2D eigenvalue weighted by atomic mass is 10.4. The molecule has 0 aliphatic heterocycles. The third-order valence-corrected chi connectivity index (χ3v) is 3.39. The fourth-order valence-electron chi connectivity index (χ4n) is 2.03. The van der Waals surface area contributed by atoms with Gasteiger partial charge >= 0.3 is 17.6 Å². The molecular formula is C13H19N7O4. The van der Waals surface area contributed by atoms with E-state index in [4.69, 9.17) is 4.52 Å². The van der Waals surface area contributed by atoms with E-state index in [9.17, 15) is 14.9 Å². The molecule has 11 nitrogen and oxygen atoms in total. The molecule has 130 valence electrons. The van der Waals surface area contributed by atoms with E-state index in [0.717, 1.165) is 19.6 Å². The molecule has 0 bridgehead atoms. The van der Waals surface area contributed by atoms with E-state index in [0.29, 0.717) is 6.54 Å². The smallest absolute Gasteiger partial charge is 0.358 e. The number of carbonyl (C=O) groups excluding carboxylic acids is 1. The second-order valence-corrected chi connectivity index (χ2v) is 4.93. The molecular weight excluding hydrogens is 318 g/mol. The number of amides is 1. The molecule has 2 aromatic heterocycles. The number of nitrogens with zero attached hydrogens (tertiary/aromatic N) is 6. The first-order chi connectivity index (χ1) is 11.5. The SMILES string of the molecule is CCN(CC)CCNC(=O)c1nc(Cn2ccc([N+](=O)[O-])n2)no1. The molecule has 0 saturated heterocycles. The largest absolute Gasteiger partial charge is 0.389 e. The van der Waals surface area contributed by atoms with Crippen LogP contribution in [0.15, 0.2) is 16.8 Å². The number of hydrogen-bond acceptors (Lipinski definition) is 8. The molecule has 0 aromatic carbocycles. The number of aromatic nitrogens is 4. The molecule has 24 heavy (non-hydrogen) atoms. The fourth-order valence-corrected chi connectivity index (χ4v) is 2.03. The van der Waals surface area contributed by atoms with Crippen LogP contribution in [0.4, 0.5) is 5.82 Å². The maximum Gasteiger partial charge on any atom is 0.389 e. The molecule has 0 atom stereocenters. The van der Waals surface area contributed by atoms with Crippen LogP contribution in [-0.2, 0) is 6.54 Å². The topological polar surface area (TPSA) is 132 Å². The first-order valence-corrected chi connectivity index (χ1v) is 7.54. The standard InChI is InChI=1S/C13H19N7O4/c1-3-18(4-2)8-6-14-12(21)13-15-10(17-24-13)9-19-7-5-11(16-19)20(22)23/h5,7H,3-4,6,8-9H2,1-2H3,(H,14,21). The van der Waals surface area contributed by atoms with Gasteiger partial charge in [-0.3, -0.25) is 4.79 Å². The van der Waals surface area contributed by atoms with Gasteiger partial charge in [-0.2, -0.15) is 9.67 Å². The van der Waals surface area contributed by atoms with Crippen LogP contribution in [-0.4, -0.2) is 61.8 Å². The van der Waals surface area contributed by atoms with Crippen molar-refractivity contribution in [2.45, 2.75) is 20.4 Å². The van der Waals surface area contributed by atoms with Crippen LogP contribution in [0.5, 0.6) is 0 Å². The van der Waals surface area contributed by atoms with Gasteiger partial charge in [-0.05, 0) is 18.0 Å². The summed E-state index contributed by atoms with van der Waals surface area (Å²) in [6.45, 7) is 7.20. The quantitative estimate of drug-likeness (QED) is 0.510. The van der Waals surface area contributed by atoms with Gasteiger partial charge in [0.05, 0.1) is 17.4 Å². The van der Waals surface area contributed by atoms with E-state index < -0.39 is 10.8 Å². The lowest BCUT2D eigenvalue weighted by molar-refractivity contribution is -0.389. The fraction of sp³-hybridized carbons (Fsp3) is 0.538. The van der Waals surface area contributed by atoms with E-state index >= 15 is 0 Å². The Balaban J connectivity index is 1.87. The van der Waals surface area contributed by atoms with E-state index in [1.54, 1.807) is 0 Å². The highest BCUT2D eigenvalue weighted by Gasteiger charge is 2.17. The van der Waals surface area contributed by atoms with Crippen molar-refractivity contribution in [3.05, 3.63) is 34.1 Å². The highest BCUT2D eigenvalue weighted by molar-refractivity contribution is 5.89. The lowest BCUT2D eigenvalue weighted by Crippen LogP contribution is -2.34. The molecule has 11 heteroatoms. The number of carbonyl (C=O) groups is 1. The minimum Gasteiger partial charge on any atom is -0.358 e. The zero-order valence-corrected chi connectivity index (χ0v) is 13.5. The Hall–Kier alpha value is -2.82. The Morgan fingerprint density at radius 2 is 2.21 bits per heavy atom. The monoisotopic (exact) mass is 337 g/mol. The van der Waals surface area contributed by atoms with E-state index in [2.05, 4.69) is 39.3 Å². The van der Waals surface area contributed by atoms with Crippen LogP contribution >= 0.6 is 0 Å². The van der Waals surface area contributed by atoms with E-state index in [1.165, 1.54) is 16.9 Å². The van der Waals surface area contributed by atoms with Crippen molar-refractivity contribution in [2.24, 2.45) is 0 Å². The van der Waals surface area contributed by atoms with Gasteiger partial charge in [-0.25, -0.2) is 0 Å². The van der Waals surface area contributed by atoms with Gasteiger partial charge in [0.2, 0.25) is 0 Å². The van der Waals surface area contributed by atoms with Crippen molar-refractivity contribution in [1.82, 2.24) is 30.1 Å². The van der Waals surface area contributed by atoms with Crippen molar-refractivity contribution in [3.63, 3.8) is 0 Å². The molecule has 0 fully saturated rings. The number of nitrogens with one attached hydrogen (secondary N) is 1. The highest BCUT2D eigenvalue weighted by Crippen LogP contribution is 2.07. The molecule has 2 aromatic rings. The molecule has 2 heterocycles. The van der Waals surface area contributed by atoms with E-state index in [-0.39, 0.29) is 24.1 Å². The van der Waals surface area contributed by atoms with Gasteiger partial charge in [0.1, 0.15) is 6.54 Å². The molecule has 1 N–H and O–H groups in total. The average molecular weight is 337 g/mol. The minimum atomic E-state index is -0.596. The molecule has 0 unspecified atom stereocenters. The maximum atomic E-state index is 11.9. The zero-order chi connectivity index (χ0) is 17.5. The Kier molecular flexibility index (Phi) is 5.95. The second kappa shape index (κ2) is 8.15. The maximum absolute atomic E-state index is 11.9.